The minimum atomic E-state index is 0.842. The molecule has 0 amide bonds. The highest BCUT2D eigenvalue weighted by Gasteiger charge is 2.08. The molecule has 5 nitrogen and oxygen atoms in total. The van der Waals surface area contributed by atoms with Crippen LogP contribution in [0.25, 0.3) is 16.9 Å². The van der Waals surface area contributed by atoms with Crippen LogP contribution in [-0.2, 0) is 6.42 Å². The summed E-state index contributed by atoms with van der Waals surface area (Å²) in [5.74, 6) is 0. The molecule has 0 fully saturated rings. The van der Waals surface area contributed by atoms with E-state index in [4.69, 9.17) is 0 Å². The fraction of sp³-hybridized carbons (Fsp3) is 0.231. The van der Waals surface area contributed by atoms with Crippen molar-refractivity contribution in [2.75, 3.05) is 0 Å². The third-order valence-electron chi connectivity index (χ3n) is 2.81. The molecule has 3 heterocycles. The van der Waals surface area contributed by atoms with Crippen LogP contribution in [0.1, 0.15) is 19.0 Å². The summed E-state index contributed by atoms with van der Waals surface area (Å²) in [5, 5.41) is 8.05. The molecule has 3 aromatic rings. The maximum Gasteiger partial charge on any atom is 0.182 e. The molecule has 0 saturated carbocycles. The Balaban J connectivity index is 2.19. The van der Waals surface area contributed by atoms with Gasteiger partial charge in [-0.2, -0.15) is 0 Å². The third-order valence-corrected chi connectivity index (χ3v) is 2.81. The van der Waals surface area contributed by atoms with E-state index in [1.165, 1.54) is 0 Å². The van der Waals surface area contributed by atoms with Crippen LogP contribution >= 0.6 is 0 Å². The fourth-order valence-electron chi connectivity index (χ4n) is 1.97. The lowest BCUT2D eigenvalue weighted by molar-refractivity contribution is 0.875. The van der Waals surface area contributed by atoms with Gasteiger partial charge in [0.25, 0.3) is 0 Å². The van der Waals surface area contributed by atoms with E-state index in [1.54, 1.807) is 18.7 Å². The lowest BCUT2D eigenvalue weighted by Crippen LogP contribution is -1.99. The predicted molar refractivity (Wildman–Crippen MR) is 68.0 cm³/mol. The van der Waals surface area contributed by atoms with Crippen molar-refractivity contribution in [1.82, 2.24) is 24.6 Å². The quantitative estimate of drug-likeness (QED) is 0.702. The van der Waals surface area contributed by atoms with Gasteiger partial charge in [0.05, 0.1) is 11.4 Å². The zero-order chi connectivity index (χ0) is 12.4. The molecule has 18 heavy (non-hydrogen) atoms. The van der Waals surface area contributed by atoms with Crippen molar-refractivity contribution < 1.29 is 0 Å². The van der Waals surface area contributed by atoms with Gasteiger partial charge in [0.15, 0.2) is 5.65 Å². The molecule has 5 heteroatoms. The first kappa shape index (κ1) is 10.8. The first-order valence-corrected chi connectivity index (χ1v) is 5.98. The van der Waals surface area contributed by atoms with Gasteiger partial charge in [0, 0.05) is 24.2 Å². The Kier molecular flexibility index (Phi) is 2.72. The highest BCUT2D eigenvalue weighted by atomic mass is 15.2. The van der Waals surface area contributed by atoms with Crippen molar-refractivity contribution in [2.24, 2.45) is 0 Å². The topological polar surface area (TPSA) is 56.0 Å². The number of aromatic nitrogens is 5. The molecule has 0 radical (unpaired) electrons. The largest absolute Gasteiger partial charge is 0.285 e. The molecule has 0 atom stereocenters. The normalized spacial score (nSPS) is 10.9. The number of hydrogen-bond acceptors (Lipinski definition) is 4. The second-order valence-electron chi connectivity index (χ2n) is 4.12. The summed E-state index contributed by atoms with van der Waals surface area (Å²) in [6, 6.07) is 3.91. The Bertz CT molecular complexity index is 659. The molecule has 0 aromatic carbocycles. The summed E-state index contributed by atoms with van der Waals surface area (Å²) in [5.41, 5.74) is 3.81. The van der Waals surface area contributed by atoms with Gasteiger partial charge in [-0.15, -0.1) is 10.2 Å². The first-order chi connectivity index (χ1) is 8.88. The van der Waals surface area contributed by atoms with Crippen LogP contribution in [-0.4, -0.2) is 24.6 Å². The van der Waals surface area contributed by atoms with Crippen LogP contribution in [0.3, 0.4) is 0 Å². The zero-order valence-electron chi connectivity index (χ0n) is 10.1. The minimum absolute atomic E-state index is 0.842. The van der Waals surface area contributed by atoms with Gasteiger partial charge in [0.2, 0.25) is 0 Å². The standard InChI is InChI=1S/C13H13N5/c1-2-3-11-13-17-15-9-18(13)8-12(16-11)10-4-6-14-7-5-10/h4-9H,2-3H2,1H3. The Morgan fingerprint density at radius 2 is 2.06 bits per heavy atom. The first-order valence-electron chi connectivity index (χ1n) is 5.98. The van der Waals surface area contributed by atoms with Gasteiger partial charge in [-0.3, -0.25) is 9.38 Å². The monoisotopic (exact) mass is 239 g/mol. The van der Waals surface area contributed by atoms with Crippen LogP contribution < -0.4 is 0 Å². The molecule has 3 rings (SSSR count). The van der Waals surface area contributed by atoms with E-state index in [-0.39, 0.29) is 0 Å². The van der Waals surface area contributed by atoms with Crippen molar-refractivity contribution in [3.63, 3.8) is 0 Å². The van der Waals surface area contributed by atoms with E-state index in [1.807, 2.05) is 22.7 Å². The summed E-state index contributed by atoms with van der Waals surface area (Å²) >= 11 is 0. The van der Waals surface area contributed by atoms with Crippen molar-refractivity contribution in [1.29, 1.82) is 0 Å². The summed E-state index contributed by atoms with van der Waals surface area (Å²) in [6.45, 7) is 2.13. The maximum absolute atomic E-state index is 4.68. The lowest BCUT2D eigenvalue weighted by atomic mass is 10.2. The van der Waals surface area contributed by atoms with Crippen LogP contribution in [0, 0.1) is 0 Å². The van der Waals surface area contributed by atoms with Gasteiger partial charge >= 0.3 is 0 Å². The summed E-state index contributed by atoms with van der Waals surface area (Å²) in [4.78, 5) is 8.70. The fourth-order valence-corrected chi connectivity index (χ4v) is 1.97. The van der Waals surface area contributed by atoms with Gasteiger partial charge < -0.3 is 0 Å². The molecule has 0 bridgehead atoms. The summed E-state index contributed by atoms with van der Waals surface area (Å²) in [6.07, 6.45) is 9.14. The van der Waals surface area contributed by atoms with E-state index in [9.17, 15) is 0 Å². The van der Waals surface area contributed by atoms with Crippen LogP contribution in [0.5, 0.6) is 0 Å². The zero-order valence-corrected chi connectivity index (χ0v) is 10.1. The van der Waals surface area contributed by atoms with E-state index in [2.05, 4.69) is 27.1 Å². The molecule has 0 aliphatic carbocycles. The van der Waals surface area contributed by atoms with E-state index in [0.717, 1.165) is 35.4 Å². The van der Waals surface area contributed by atoms with Crippen LogP contribution in [0.4, 0.5) is 0 Å². The van der Waals surface area contributed by atoms with Crippen molar-refractivity contribution in [3.05, 3.63) is 42.7 Å². The van der Waals surface area contributed by atoms with Crippen LogP contribution in [0.15, 0.2) is 37.1 Å². The predicted octanol–water partition coefficient (Wildman–Crippen LogP) is 2.14. The van der Waals surface area contributed by atoms with Gasteiger partial charge in [0.1, 0.15) is 6.33 Å². The van der Waals surface area contributed by atoms with E-state index >= 15 is 0 Å². The molecule has 0 aliphatic rings. The maximum atomic E-state index is 4.68. The second-order valence-corrected chi connectivity index (χ2v) is 4.12. The SMILES string of the molecule is CCCc1nc(-c2ccncc2)cn2cnnc12. The number of aryl methyl sites for hydroxylation is 1. The molecular weight excluding hydrogens is 226 g/mol. The minimum Gasteiger partial charge on any atom is -0.285 e. The summed E-state index contributed by atoms with van der Waals surface area (Å²) < 4.78 is 1.92. The van der Waals surface area contributed by atoms with Crippen molar-refractivity contribution >= 4 is 5.65 Å². The molecule has 0 N–H and O–H groups in total. The highest BCUT2D eigenvalue weighted by Crippen LogP contribution is 2.18. The summed E-state index contributed by atoms with van der Waals surface area (Å²) in [7, 11) is 0. The smallest absolute Gasteiger partial charge is 0.182 e. The average molecular weight is 239 g/mol. The van der Waals surface area contributed by atoms with Gasteiger partial charge in [-0.1, -0.05) is 13.3 Å². The van der Waals surface area contributed by atoms with Crippen LogP contribution in [0.2, 0.25) is 0 Å². The average Bonchev–Trinajstić information content (AvgIpc) is 2.88. The van der Waals surface area contributed by atoms with Gasteiger partial charge in [-0.25, -0.2) is 4.98 Å². The Morgan fingerprint density at radius 1 is 1.22 bits per heavy atom. The number of hydrogen-bond donors (Lipinski definition) is 0. The Hall–Kier alpha value is -2.30. The van der Waals surface area contributed by atoms with Gasteiger partial charge in [-0.05, 0) is 18.6 Å². The van der Waals surface area contributed by atoms with E-state index < -0.39 is 0 Å². The third kappa shape index (κ3) is 1.84. The molecule has 0 spiro atoms. The number of fused-ring (bicyclic) bond motifs is 1. The molecule has 3 aromatic heterocycles. The molecule has 0 unspecified atom stereocenters. The lowest BCUT2D eigenvalue weighted by Gasteiger charge is -2.05. The number of nitrogens with zero attached hydrogens (tertiary/aromatic N) is 5. The number of pyridine rings is 1. The highest BCUT2D eigenvalue weighted by molar-refractivity contribution is 5.60. The number of rotatable bonds is 3. The second kappa shape index (κ2) is 4.52. The Morgan fingerprint density at radius 3 is 2.83 bits per heavy atom. The molecule has 0 aliphatic heterocycles. The molecular formula is C13H13N5. The molecule has 90 valence electrons. The van der Waals surface area contributed by atoms with E-state index in [0.29, 0.717) is 0 Å². The molecule has 0 saturated heterocycles. The van der Waals surface area contributed by atoms with Crippen molar-refractivity contribution in [2.45, 2.75) is 19.8 Å². The van der Waals surface area contributed by atoms with Crippen molar-refractivity contribution in [3.8, 4) is 11.3 Å². The Labute approximate surface area is 105 Å².